The fourth-order valence-electron chi connectivity index (χ4n) is 3.79. The third-order valence-corrected chi connectivity index (χ3v) is 6.36. The van der Waals surface area contributed by atoms with Gasteiger partial charge in [0, 0.05) is 30.7 Å². The van der Waals surface area contributed by atoms with Gasteiger partial charge in [-0.1, -0.05) is 6.07 Å². The van der Waals surface area contributed by atoms with E-state index in [4.69, 9.17) is 4.74 Å². The number of aromatic nitrogens is 2. The summed E-state index contributed by atoms with van der Waals surface area (Å²) < 4.78 is 5.32. The molecule has 1 unspecified atom stereocenters. The maximum atomic E-state index is 12.3. The van der Waals surface area contributed by atoms with Crippen LogP contribution < -0.4 is 10.6 Å². The average Bonchev–Trinajstić information content (AvgIpc) is 3.44. The predicted octanol–water partition coefficient (Wildman–Crippen LogP) is 2.70. The number of carbonyl (C=O) groups is 1. The number of nitrogens with one attached hydrogen (secondary N) is 2. The second-order valence-corrected chi connectivity index (χ2v) is 8.30. The molecule has 0 radical (unpaired) electrons. The first-order valence-electron chi connectivity index (χ1n) is 10.0. The Bertz CT molecular complexity index is 740. The van der Waals surface area contributed by atoms with Gasteiger partial charge in [-0.2, -0.15) is 0 Å². The molecule has 150 valence electrons. The van der Waals surface area contributed by atoms with Crippen LogP contribution in [0, 0.1) is 0 Å². The zero-order chi connectivity index (χ0) is 19.2. The molecule has 2 aliphatic rings. The molecule has 8 heteroatoms. The molecule has 0 aromatic carbocycles. The van der Waals surface area contributed by atoms with E-state index < -0.39 is 0 Å². The summed E-state index contributed by atoms with van der Waals surface area (Å²) >= 11 is 1.80. The van der Waals surface area contributed by atoms with Gasteiger partial charge < -0.3 is 15.4 Å². The summed E-state index contributed by atoms with van der Waals surface area (Å²) in [5.74, 6) is 0.530. The van der Waals surface area contributed by atoms with Crippen molar-refractivity contribution in [3.05, 3.63) is 40.2 Å². The molecule has 0 aliphatic carbocycles. The highest BCUT2D eigenvalue weighted by Gasteiger charge is 2.24. The van der Waals surface area contributed by atoms with Crippen LogP contribution in [0.15, 0.2) is 29.6 Å². The lowest BCUT2D eigenvalue weighted by atomic mass is 10.1. The molecular formula is C20H27N5O2S. The van der Waals surface area contributed by atoms with Gasteiger partial charge in [-0.05, 0) is 62.4 Å². The fraction of sp³-hybridized carbons (Fsp3) is 0.550. The number of likely N-dealkylation sites (tertiary alicyclic amines) is 1. The number of carbonyl (C=O) groups excluding carboxylic acids is 1. The van der Waals surface area contributed by atoms with Gasteiger partial charge in [0.15, 0.2) is 5.69 Å². The Morgan fingerprint density at radius 3 is 2.71 bits per heavy atom. The van der Waals surface area contributed by atoms with Crippen molar-refractivity contribution in [2.24, 2.45) is 0 Å². The minimum atomic E-state index is -0.167. The van der Waals surface area contributed by atoms with Crippen molar-refractivity contribution in [1.29, 1.82) is 0 Å². The molecule has 7 nitrogen and oxygen atoms in total. The normalized spacial score (nSPS) is 19.4. The number of amides is 1. The number of anilines is 1. The van der Waals surface area contributed by atoms with Crippen LogP contribution in [-0.4, -0.2) is 59.9 Å². The number of rotatable bonds is 7. The van der Waals surface area contributed by atoms with Crippen LogP contribution in [0.1, 0.15) is 47.1 Å². The van der Waals surface area contributed by atoms with Gasteiger partial charge in [0.1, 0.15) is 5.82 Å². The lowest BCUT2D eigenvalue weighted by molar-refractivity contribution is 0.0693. The van der Waals surface area contributed by atoms with Crippen molar-refractivity contribution in [3.8, 4) is 0 Å². The first kappa shape index (κ1) is 19.3. The fourth-order valence-corrected chi connectivity index (χ4v) is 4.65. The van der Waals surface area contributed by atoms with E-state index in [2.05, 4.69) is 43.2 Å². The van der Waals surface area contributed by atoms with E-state index in [1.165, 1.54) is 17.7 Å². The van der Waals surface area contributed by atoms with Gasteiger partial charge in [0.05, 0.1) is 6.04 Å². The Kier molecular flexibility index (Phi) is 6.51. The third-order valence-electron chi connectivity index (χ3n) is 5.38. The summed E-state index contributed by atoms with van der Waals surface area (Å²) in [6.07, 6.45) is 4.22. The van der Waals surface area contributed by atoms with Crippen LogP contribution in [0.4, 0.5) is 5.82 Å². The topological polar surface area (TPSA) is 79.4 Å². The molecule has 0 bridgehead atoms. The van der Waals surface area contributed by atoms with Gasteiger partial charge >= 0.3 is 0 Å². The standard InChI is InChI=1S/C20H27N5O2S/c26-20(22-15-7-11-27-12-8-15)16-5-6-19(24-23-16)21-14-17(18-4-3-13-28-18)25-9-1-2-10-25/h3-6,13,15,17H,1-2,7-12,14H2,(H,21,24)(H,22,26). The number of hydrogen-bond donors (Lipinski definition) is 2. The molecule has 0 saturated carbocycles. The summed E-state index contributed by atoms with van der Waals surface area (Å²) in [5.41, 5.74) is 0.353. The van der Waals surface area contributed by atoms with Gasteiger partial charge in [-0.3, -0.25) is 9.69 Å². The molecule has 4 heterocycles. The molecule has 2 saturated heterocycles. The number of ether oxygens (including phenoxy) is 1. The van der Waals surface area contributed by atoms with Crippen molar-refractivity contribution in [1.82, 2.24) is 20.4 Å². The Morgan fingerprint density at radius 1 is 1.21 bits per heavy atom. The monoisotopic (exact) mass is 401 g/mol. The molecule has 4 rings (SSSR count). The van der Waals surface area contributed by atoms with E-state index in [1.54, 1.807) is 17.4 Å². The van der Waals surface area contributed by atoms with Crippen LogP contribution in [0.5, 0.6) is 0 Å². The van der Waals surface area contributed by atoms with E-state index in [0.29, 0.717) is 30.8 Å². The highest BCUT2D eigenvalue weighted by Crippen LogP contribution is 2.28. The van der Waals surface area contributed by atoms with Crippen molar-refractivity contribution < 1.29 is 9.53 Å². The molecule has 0 spiro atoms. The van der Waals surface area contributed by atoms with E-state index in [9.17, 15) is 4.79 Å². The van der Waals surface area contributed by atoms with E-state index in [1.807, 2.05) is 6.07 Å². The van der Waals surface area contributed by atoms with E-state index >= 15 is 0 Å². The SMILES string of the molecule is O=C(NC1CCOCC1)c1ccc(NCC(c2cccs2)N2CCCC2)nn1. The summed E-state index contributed by atoms with van der Waals surface area (Å²) in [7, 11) is 0. The number of nitrogens with zero attached hydrogens (tertiary/aromatic N) is 3. The average molecular weight is 402 g/mol. The number of hydrogen-bond acceptors (Lipinski definition) is 7. The zero-order valence-corrected chi connectivity index (χ0v) is 16.8. The maximum absolute atomic E-state index is 12.3. The lowest BCUT2D eigenvalue weighted by Crippen LogP contribution is -2.39. The summed E-state index contributed by atoms with van der Waals surface area (Å²) in [5, 5.41) is 16.9. The van der Waals surface area contributed by atoms with Crippen molar-refractivity contribution in [2.75, 3.05) is 38.2 Å². The third kappa shape index (κ3) is 4.87. The van der Waals surface area contributed by atoms with Gasteiger partial charge in [0.25, 0.3) is 5.91 Å². The minimum Gasteiger partial charge on any atom is -0.381 e. The molecular weight excluding hydrogens is 374 g/mol. The van der Waals surface area contributed by atoms with Crippen molar-refractivity contribution >= 4 is 23.1 Å². The number of thiophene rings is 1. The van der Waals surface area contributed by atoms with Gasteiger partial charge in [-0.25, -0.2) is 0 Å². The van der Waals surface area contributed by atoms with Crippen molar-refractivity contribution in [2.45, 2.75) is 37.8 Å². The van der Waals surface area contributed by atoms with Crippen molar-refractivity contribution in [3.63, 3.8) is 0 Å². The Morgan fingerprint density at radius 2 is 2.04 bits per heavy atom. The van der Waals surface area contributed by atoms with Gasteiger partial charge in [0.2, 0.25) is 0 Å². The molecule has 2 N–H and O–H groups in total. The van der Waals surface area contributed by atoms with Crippen LogP contribution in [0.25, 0.3) is 0 Å². The van der Waals surface area contributed by atoms with E-state index in [-0.39, 0.29) is 11.9 Å². The Labute approximate surface area is 169 Å². The quantitative estimate of drug-likeness (QED) is 0.743. The highest BCUT2D eigenvalue weighted by molar-refractivity contribution is 7.10. The van der Waals surface area contributed by atoms with Crippen LogP contribution in [0.2, 0.25) is 0 Å². The zero-order valence-electron chi connectivity index (χ0n) is 16.0. The second kappa shape index (κ2) is 9.45. The molecule has 1 amide bonds. The first-order chi connectivity index (χ1) is 13.8. The molecule has 1 atom stereocenters. The second-order valence-electron chi connectivity index (χ2n) is 7.32. The molecule has 2 fully saturated rings. The maximum Gasteiger partial charge on any atom is 0.272 e. The first-order valence-corrected chi connectivity index (χ1v) is 10.9. The van der Waals surface area contributed by atoms with Crippen LogP contribution in [0.3, 0.4) is 0 Å². The van der Waals surface area contributed by atoms with E-state index in [0.717, 1.165) is 32.5 Å². The summed E-state index contributed by atoms with van der Waals surface area (Å²) in [6.45, 7) is 4.45. The summed E-state index contributed by atoms with van der Waals surface area (Å²) in [6, 6.07) is 8.38. The molecule has 2 aromatic heterocycles. The Hall–Kier alpha value is -2.03. The highest BCUT2D eigenvalue weighted by atomic mass is 32.1. The molecule has 28 heavy (non-hydrogen) atoms. The van der Waals surface area contributed by atoms with Crippen LogP contribution in [-0.2, 0) is 4.74 Å². The lowest BCUT2D eigenvalue weighted by Gasteiger charge is -2.27. The molecule has 2 aliphatic heterocycles. The minimum absolute atomic E-state index is 0.160. The smallest absolute Gasteiger partial charge is 0.272 e. The Balaban J connectivity index is 1.33. The predicted molar refractivity (Wildman–Crippen MR) is 110 cm³/mol. The summed E-state index contributed by atoms with van der Waals surface area (Å²) in [4.78, 5) is 16.2. The molecule has 2 aromatic rings. The van der Waals surface area contributed by atoms with Gasteiger partial charge in [-0.15, -0.1) is 21.5 Å². The van der Waals surface area contributed by atoms with Crippen LogP contribution >= 0.6 is 11.3 Å². The largest absolute Gasteiger partial charge is 0.381 e.